The van der Waals surface area contributed by atoms with Crippen LogP contribution in [0.15, 0.2) is 30.6 Å². The highest BCUT2D eigenvalue weighted by Crippen LogP contribution is 2.38. The van der Waals surface area contributed by atoms with Gasteiger partial charge < -0.3 is 24.8 Å². The molecule has 0 aliphatic carbocycles. The molecule has 0 amide bonds. The number of carboxylic acids is 1. The smallest absolute Gasteiger partial charge is 0.307 e. The molecule has 0 atom stereocenters. The van der Waals surface area contributed by atoms with Crippen LogP contribution in [0.2, 0.25) is 0 Å². The minimum Gasteiger partial charge on any atom is -0.484 e. The Morgan fingerprint density at radius 2 is 2.09 bits per heavy atom. The van der Waals surface area contributed by atoms with Gasteiger partial charge in [0.15, 0.2) is 5.75 Å². The van der Waals surface area contributed by atoms with Gasteiger partial charge in [-0.15, -0.1) is 0 Å². The van der Waals surface area contributed by atoms with Crippen molar-refractivity contribution in [3.8, 4) is 11.6 Å². The number of halogens is 1. The molecule has 0 radical (unpaired) electrons. The zero-order valence-electron chi connectivity index (χ0n) is 18.0. The number of hydrogen-bond acceptors (Lipinski definition) is 8. The topological polar surface area (TPSA) is 110 Å². The van der Waals surface area contributed by atoms with Gasteiger partial charge in [-0.2, -0.15) is 0 Å². The van der Waals surface area contributed by atoms with E-state index in [4.69, 9.17) is 14.6 Å². The quantitative estimate of drug-likeness (QED) is 0.605. The molecule has 3 aromatic rings. The van der Waals surface area contributed by atoms with Crippen LogP contribution in [0.3, 0.4) is 0 Å². The van der Waals surface area contributed by atoms with Crippen LogP contribution >= 0.6 is 0 Å². The predicted molar refractivity (Wildman–Crippen MR) is 118 cm³/mol. The molecule has 0 unspecified atom stereocenters. The van der Waals surface area contributed by atoms with Crippen molar-refractivity contribution in [3.63, 3.8) is 0 Å². The van der Waals surface area contributed by atoms with E-state index in [1.54, 1.807) is 18.5 Å². The van der Waals surface area contributed by atoms with Gasteiger partial charge in [-0.3, -0.25) is 4.79 Å². The summed E-state index contributed by atoms with van der Waals surface area (Å²) in [5.74, 6) is -0.120. The molecule has 1 aromatic carbocycles. The average molecular weight is 451 g/mol. The Morgan fingerprint density at radius 1 is 1.24 bits per heavy atom. The Hall–Kier alpha value is -3.95. The summed E-state index contributed by atoms with van der Waals surface area (Å²) in [6.45, 7) is 4.36. The van der Waals surface area contributed by atoms with Gasteiger partial charge in [-0.1, -0.05) is 6.07 Å². The van der Waals surface area contributed by atoms with E-state index in [-0.39, 0.29) is 12.0 Å². The maximum Gasteiger partial charge on any atom is 0.307 e. The fraction of sp³-hybridized carbons (Fsp3) is 0.304. The molecule has 4 heterocycles. The molecule has 33 heavy (non-hydrogen) atoms. The first-order chi connectivity index (χ1) is 16.0. The van der Waals surface area contributed by atoms with Crippen molar-refractivity contribution < 1.29 is 23.8 Å². The lowest BCUT2D eigenvalue weighted by Crippen LogP contribution is -2.32. The van der Waals surface area contributed by atoms with E-state index in [1.807, 2.05) is 6.92 Å². The van der Waals surface area contributed by atoms with Crippen molar-refractivity contribution in [2.75, 3.05) is 30.0 Å². The zero-order chi connectivity index (χ0) is 22.9. The number of aromatic nitrogens is 3. The SMILES string of the molecule is Cc1c(N2CCc3cnc(Nc4ccc(CC(=O)O)c(F)c4)nc3C2)cnc2c1OCCO2. The summed E-state index contributed by atoms with van der Waals surface area (Å²) < 4.78 is 25.5. The Labute approximate surface area is 189 Å². The maximum atomic E-state index is 14.2. The van der Waals surface area contributed by atoms with Crippen LogP contribution in [0, 0.1) is 12.7 Å². The van der Waals surface area contributed by atoms with Crippen LogP contribution in [0.1, 0.15) is 22.4 Å². The van der Waals surface area contributed by atoms with Gasteiger partial charge in [0.05, 0.1) is 30.5 Å². The third-order valence-electron chi connectivity index (χ3n) is 5.73. The van der Waals surface area contributed by atoms with E-state index in [0.29, 0.717) is 43.0 Å². The number of nitrogens with zero attached hydrogens (tertiary/aromatic N) is 4. The predicted octanol–water partition coefficient (Wildman–Crippen LogP) is 3.02. The van der Waals surface area contributed by atoms with Crippen LogP contribution in [0.4, 0.5) is 21.7 Å². The number of anilines is 3. The van der Waals surface area contributed by atoms with Gasteiger partial charge in [0.1, 0.15) is 19.0 Å². The molecule has 2 N–H and O–H groups in total. The molecule has 170 valence electrons. The zero-order valence-corrected chi connectivity index (χ0v) is 18.0. The maximum absolute atomic E-state index is 14.2. The Kier molecular flexibility index (Phi) is 5.41. The lowest BCUT2D eigenvalue weighted by atomic mass is 10.1. The molecule has 5 rings (SSSR count). The van der Waals surface area contributed by atoms with E-state index >= 15 is 0 Å². The van der Waals surface area contributed by atoms with Crippen molar-refractivity contribution in [3.05, 3.63) is 58.8 Å². The van der Waals surface area contributed by atoms with Crippen molar-refractivity contribution in [2.24, 2.45) is 0 Å². The number of nitrogens with one attached hydrogen (secondary N) is 1. The number of pyridine rings is 1. The van der Waals surface area contributed by atoms with Crippen LogP contribution in [-0.2, 0) is 24.2 Å². The van der Waals surface area contributed by atoms with E-state index in [9.17, 15) is 9.18 Å². The largest absolute Gasteiger partial charge is 0.484 e. The highest BCUT2D eigenvalue weighted by molar-refractivity contribution is 5.70. The van der Waals surface area contributed by atoms with Gasteiger partial charge in [0.2, 0.25) is 5.95 Å². The van der Waals surface area contributed by atoms with Gasteiger partial charge in [0, 0.05) is 24.0 Å². The normalized spacial score (nSPS) is 14.5. The molecular weight excluding hydrogens is 429 g/mol. The van der Waals surface area contributed by atoms with E-state index in [1.165, 1.54) is 12.1 Å². The number of carbonyl (C=O) groups is 1. The fourth-order valence-corrected chi connectivity index (χ4v) is 4.06. The summed E-state index contributed by atoms with van der Waals surface area (Å²) in [5.41, 5.74) is 4.44. The van der Waals surface area contributed by atoms with Gasteiger partial charge in [-0.25, -0.2) is 19.3 Å². The van der Waals surface area contributed by atoms with E-state index in [2.05, 4.69) is 25.2 Å². The number of ether oxygens (including phenoxy) is 2. The summed E-state index contributed by atoms with van der Waals surface area (Å²) in [6.07, 6.45) is 4.00. The third kappa shape index (κ3) is 4.23. The highest BCUT2D eigenvalue weighted by Gasteiger charge is 2.25. The number of aliphatic carboxylic acids is 1. The van der Waals surface area contributed by atoms with E-state index in [0.717, 1.165) is 35.5 Å². The van der Waals surface area contributed by atoms with Crippen molar-refractivity contribution in [2.45, 2.75) is 26.3 Å². The molecule has 0 fully saturated rings. The second-order valence-corrected chi connectivity index (χ2v) is 7.94. The Morgan fingerprint density at radius 3 is 2.91 bits per heavy atom. The molecule has 0 saturated heterocycles. The van der Waals surface area contributed by atoms with Crippen LogP contribution in [0.25, 0.3) is 0 Å². The Balaban J connectivity index is 1.35. The lowest BCUT2D eigenvalue weighted by molar-refractivity contribution is -0.136. The summed E-state index contributed by atoms with van der Waals surface area (Å²) >= 11 is 0. The highest BCUT2D eigenvalue weighted by atomic mass is 19.1. The summed E-state index contributed by atoms with van der Waals surface area (Å²) in [6, 6.07) is 4.31. The summed E-state index contributed by atoms with van der Waals surface area (Å²) in [5, 5.41) is 11.9. The van der Waals surface area contributed by atoms with Crippen LogP contribution in [-0.4, -0.2) is 45.8 Å². The molecule has 0 saturated carbocycles. The second kappa shape index (κ2) is 8.53. The first-order valence-electron chi connectivity index (χ1n) is 10.6. The summed E-state index contributed by atoms with van der Waals surface area (Å²) in [4.78, 5) is 26.4. The Bertz CT molecular complexity index is 1240. The molecule has 2 aliphatic heterocycles. The van der Waals surface area contributed by atoms with E-state index < -0.39 is 11.8 Å². The number of rotatable bonds is 5. The fourth-order valence-electron chi connectivity index (χ4n) is 4.06. The molecular formula is C23H22FN5O4. The molecule has 10 heteroatoms. The van der Waals surface area contributed by atoms with Crippen LogP contribution < -0.4 is 19.7 Å². The molecule has 2 aromatic heterocycles. The van der Waals surface area contributed by atoms with Crippen molar-refractivity contribution >= 4 is 23.3 Å². The minimum absolute atomic E-state index is 0.124. The van der Waals surface area contributed by atoms with Gasteiger partial charge in [0.25, 0.3) is 5.88 Å². The molecule has 0 bridgehead atoms. The molecule has 2 aliphatic rings. The third-order valence-corrected chi connectivity index (χ3v) is 5.73. The van der Waals surface area contributed by atoms with Gasteiger partial charge >= 0.3 is 5.97 Å². The first kappa shape index (κ1) is 20.9. The minimum atomic E-state index is -1.08. The lowest BCUT2D eigenvalue weighted by Gasteiger charge is -2.32. The van der Waals surface area contributed by atoms with Crippen molar-refractivity contribution in [1.82, 2.24) is 15.0 Å². The standard InChI is InChI=1S/C23H22FN5O4/c1-13-19(11-25-22-21(13)32-6-7-33-22)29-5-4-15-10-26-23(28-18(15)12-29)27-16-3-2-14(8-20(30)31)17(24)9-16/h2-3,9-11H,4-8,12H2,1H3,(H,30,31)(H,26,27,28). The van der Waals surface area contributed by atoms with Crippen molar-refractivity contribution in [1.29, 1.82) is 0 Å². The van der Waals surface area contributed by atoms with Gasteiger partial charge in [-0.05, 0) is 36.6 Å². The number of carboxylic acid groups (broad SMARTS) is 1. The number of benzene rings is 1. The molecule has 0 spiro atoms. The summed E-state index contributed by atoms with van der Waals surface area (Å²) in [7, 11) is 0. The number of fused-ring (bicyclic) bond motifs is 2. The molecule has 9 nitrogen and oxygen atoms in total. The monoisotopic (exact) mass is 451 g/mol. The first-order valence-corrected chi connectivity index (χ1v) is 10.6. The second-order valence-electron chi connectivity index (χ2n) is 7.94. The number of hydrogen-bond donors (Lipinski definition) is 2. The average Bonchev–Trinajstić information content (AvgIpc) is 2.81. The van der Waals surface area contributed by atoms with Crippen LogP contribution in [0.5, 0.6) is 11.6 Å².